The molecule has 0 unspecified atom stereocenters. The van der Waals surface area contributed by atoms with Crippen LogP contribution in [0.1, 0.15) is 11.1 Å². The summed E-state index contributed by atoms with van der Waals surface area (Å²) in [5, 5.41) is 5.04. The van der Waals surface area contributed by atoms with Gasteiger partial charge in [0, 0.05) is 17.6 Å². The Labute approximate surface area is 202 Å². The van der Waals surface area contributed by atoms with Gasteiger partial charge in [0.1, 0.15) is 0 Å². The molecular formula is C26H23BrN2O3S. The van der Waals surface area contributed by atoms with Crippen molar-refractivity contribution in [2.75, 3.05) is 6.54 Å². The van der Waals surface area contributed by atoms with Gasteiger partial charge in [-0.15, -0.1) is 0 Å². The number of carbonyl (C=O) groups is 1. The maximum Gasteiger partial charge on any atom is 0.243 e. The lowest BCUT2D eigenvalue weighted by Gasteiger charge is -2.22. The Morgan fingerprint density at radius 1 is 0.818 bits per heavy atom. The maximum absolute atomic E-state index is 13.3. The minimum Gasteiger partial charge on any atom is -0.351 e. The molecule has 0 aliphatic rings. The minimum absolute atomic E-state index is 0.0895. The highest BCUT2D eigenvalue weighted by atomic mass is 79.9. The van der Waals surface area contributed by atoms with Gasteiger partial charge < -0.3 is 5.32 Å². The van der Waals surface area contributed by atoms with Gasteiger partial charge in [-0.25, -0.2) is 8.42 Å². The Hall–Kier alpha value is -3.00. The van der Waals surface area contributed by atoms with Gasteiger partial charge in [-0.1, -0.05) is 88.7 Å². The summed E-state index contributed by atoms with van der Waals surface area (Å²) in [5.74, 6) is -0.362. The van der Waals surface area contributed by atoms with E-state index in [2.05, 4.69) is 21.2 Å². The zero-order chi connectivity index (χ0) is 23.3. The number of sulfonamides is 1. The summed E-state index contributed by atoms with van der Waals surface area (Å²) in [7, 11) is -3.86. The third-order valence-electron chi connectivity index (χ3n) is 5.33. The Morgan fingerprint density at radius 2 is 1.48 bits per heavy atom. The van der Waals surface area contributed by atoms with Crippen LogP contribution in [0.15, 0.2) is 106 Å². The zero-order valence-corrected chi connectivity index (χ0v) is 20.2. The normalized spacial score (nSPS) is 11.6. The van der Waals surface area contributed by atoms with Crippen LogP contribution in [0.5, 0.6) is 0 Å². The predicted octanol–water partition coefficient (Wildman–Crippen LogP) is 5.11. The SMILES string of the molecule is O=C(CN(Cc1ccc(Br)cc1)S(=O)(=O)c1ccccc1)NCc1cccc2ccccc12. The number of benzene rings is 4. The Bertz CT molecular complexity index is 1350. The second-order valence-corrected chi connectivity index (χ2v) is 10.5. The molecule has 0 aliphatic carbocycles. The van der Waals surface area contributed by atoms with Crippen molar-refractivity contribution in [1.29, 1.82) is 0 Å². The Kier molecular flexibility index (Phi) is 7.23. The van der Waals surface area contributed by atoms with Crippen LogP contribution in [0.3, 0.4) is 0 Å². The molecule has 0 saturated carbocycles. The zero-order valence-electron chi connectivity index (χ0n) is 17.8. The summed E-state index contributed by atoms with van der Waals surface area (Å²) in [6.45, 7) is 0.127. The van der Waals surface area contributed by atoms with Crippen LogP contribution >= 0.6 is 15.9 Å². The molecule has 0 heterocycles. The third kappa shape index (κ3) is 5.68. The van der Waals surface area contributed by atoms with Crippen LogP contribution in [-0.4, -0.2) is 25.2 Å². The van der Waals surface area contributed by atoms with Crippen LogP contribution in [0.4, 0.5) is 0 Å². The van der Waals surface area contributed by atoms with Crippen molar-refractivity contribution in [2.24, 2.45) is 0 Å². The molecule has 0 saturated heterocycles. The van der Waals surface area contributed by atoms with Crippen LogP contribution in [0.2, 0.25) is 0 Å². The first kappa shape index (κ1) is 23.2. The van der Waals surface area contributed by atoms with Crippen molar-refractivity contribution in [3.63, 3.8) is 0 Å². The van der Waals surface area contributed by atoms with Gasteiger partial charge in [-0.3, -0.25) is 4.79 Å². The molecule has 4 rings (SSSR count). The number of halogens is 1. The minimum atomic E-state index is -3.86. The van der Waals surface area contributed by atoms with E-state index in [1.807, 2.05) is 66.7 Å². The lowest BCUT2D eigenvalue weighted by molar-refractivity contribution is -0.121. The molecule has 33 heavy (non-hydrogen) atoms. The molecule has 0 radical (unpaired) electrons. The van der Waals surface area contributed by atoms with Crippen LogP contribution in [0.25, 0.3) is 10.8 Å². The first-order valence-corrected chi connectivity index (χ1v) is 12.7. The number of hydrogen-bond donors (Lipinski definition) is 1. The molecule has 0 aromatic heterocycles. The first-order chi connectivity index (χ1) is 15.9. The average molecular weight is 523 g/mol. The van der Waals surface area contributed by atoms with E-state index < -0.39 is 10.0 Å². The molecule has 1 N–H and O–H groups in total. The Morgan fingerprint density at radius 3 is 2.24 bits per heavy atom. The number of carbonyl (C=O) groups excluding carboxylic acids is 1. The monoisotopic (exact) mass is 522 g/mol. The number of nitrogens with one attached hydrogen (secondary N) is 1. The number of rotatable bonds is 8. The second kappa shape index (κ2) is 10.3. The van der Waals surface area contributed by atoms with Gasteiger partial charge in [-0.05, 0) is 46.2 Å². The molecule has 0 atom stereocenters. The summed E-state index contributed by atoms with van der Waals surface area (Å²) in [6, 6.07) is 29.5. The van der Waals surface area contributed by atoms with Crippen molar-refractivity contribution in [1.82, 2.24) is 9.62 Å². The molecule has 168 valence electrons. The number of fused-ring (bicyclic) bond motifs is 1. The summed E-state index contributed by atoms with van der Waals surface area (Å²) >= 11 is 3.39. The largest absolute Gasteiger partial charge is 0.351 e. The van der Waals surface area contributed by atoms with E-state index in [0.717, 1.165) is 26.4 Å². The fourth-order valence-corrected chi connectivity index (χ4v) is 5.29. The van der Waals surface area contributed by atoms with Crippen molar-refractivity contribution < 1.29 is 13.2 Å². The van der Waals surface area contributed by atoms with E-state index in [0.29, 0.717) is 6.54 Å². The molecule has 4 aromatic rings. The molecule has 0 fully saturated rings. The molecule has 5 nitrogen and oxygen atoms in total. The molecule has 4 aromatic carbocycles. The number of amides is 1. The number of nitrogens with zero attached hydrogens (tertiary/aromatic N) is 1. The highest BCUT2D eigenvalue weighted by molar-refractivity contribution is 9.10. The first-order valence-electron chi connectivity index (χ1n) is 10.5. The molecule has 0 bridgehead atoms. The van der Waals surface area contributed by atoms with Gasteiger partial charge >= 0.3 is 0 Å². The van der Waals surface area contributed by atoms with Crippen molar-refractivity contribution in [3.8, 4) is 0 Å². The highest BCUT2D eigenvalue weighted by Gasteiger charge is 2.26. The quantitative estimate of drug-likeness (QED) is 0.349. The van der Waals surface area contributed by atoms with Crippen molar-refractivity contribution in [2.45, 2.75) is 18.0 Å². The smallest absolute Gasteiger partial charge is 0.243 e. The summed E-state index contributed by atoms with van der Waals surface area (Å²) in [5.41, 5.74) is 1.77. The van der Waals surface area contributed by atoms with Crippen molar-refractivity contribution in [3.05, 3.63) is 113 Å². The third-order valence-corrected chi connectivity index (χ3v) is 7.66. The van der Waals surface area contributed by atoms with Gasteiger partial charge in [0.05, 0.1) is 11.4 Å². The van der Waals surface area contributed by atoms with E-state index in [4.69, 9.17) is 0 Å². The van der Waals surface area contributed by atoms with Crippen LogP contribution in [-0.2, 0) is 27.9 Å². The summed E-state index contributed by atoms with van der Waals surface area (Å²) in [6.07, 6.45) is 0. The topological polar surface area (TPSA) is 66.5 Å². The number of hydrogen-bond acceptors (Lipinski definition) is 3. The summed E-state index contributed by atoms with van der Waals surface area (Å²) in [4.78, 5) is 13.0. The van der Waals surface area contributed by atoms with Gasteiger partial charge in [0.2, 0.25) is 15.9 Å². The van der Waals surface area contributed by atoms with Gasteiger partial charge in [0.25, 0.3) is 0 Å². The lowest BCUT2D eigenvalue weighted by Crippen LogP contribution is -2.40. The average Bonchev–Trinajstić information content (AvgIpc) is 2.84. The van der Waals surface area contributed by atoms with Crippen molar-refractivity contribution >= 4 is 42.6 Å². The molecule has 7 heteroatoms. The van der Waals surface area contributed by atoms with Gasteiger partial charge in [-0.2, -0.15) is 4.31 Å². The standard InChI is InChI=1S/C26H23BrN2O3S/c27-23-15-13-20(14-16-23)18-29(33(31,32)24-10-2-1-3-11-24)19-26(30)28-17-22-9-6-8-21-7-4-5-12-25(21)22/h1-16H,17-19H2,(H,28,30). The fraction of sp³-hybridized carbons (Fsp3) is 0.115. The lowest BCUT2D eigenvalue weighted by atomic mass is 10.0. The highest BCUT2D eigenvalue weighted by Crippen LogP contribution is 2.20. The van der Waals surface area contributed by atoms with E-state index in [9.17, 15) is 13.2 Å². The second-order valence-electron chi connectivity index (χ2n) is 7.63. The van der Waals surface area contributed by atoms with E-state index >= 15 is 0 Å². The van der Waals surface area contributed by atoms with E-state index in [1.165, 1.54) is 16.4 Å². The fourth-order valence-electron chi connectivity index (χ4n) is 3.62. The predicted molar refractivity (Wildman–Crippen MR) is 134 cm³/mol. The Balaban J connectivity index is 1.54. The van der Waals surface area contributed by atoms with Gasteiger partial charge in [0.15, 0.2) is 0 Å². The molecular weight excluding hydrogens is 500 g/mol. The molecule has 1 amide bonds. The van der Waals surface area contributed by atoms with Crippen LogP contribution < -0.4 is 5.32 Å². The summed E-state index contributed by atoms with van der Waals surface area (Å²) < 4.78 is 28.8. The van der Waals surface area contributed by atoms with E-state index in [-0.39, 0.29) is 23.9 Å². The molecule has 0 aliphatic heterocycles. The van der Waals surface area contributed by atoms with Crippen LogP contribution in [0, 0.1) is 0 Å². The maximum atomic E-state index is 13.3. The molecule has 0 spiro atoms. The van der Waals surface area contributed by atoms with E-state index in [1.54, 1.807) is 18.2 Å².